The molecule has 0 aliphatic heterocycles. The van der Waals surface area contributed by atoms with E-state index in [1.54, 1.807) is 13.8 Å². The van der Waals surface area contributed by atoms with Crippen LogP contribution in [0.15, 0.2) is 5.16 Å². The third-order valence-corrected chi connectivity index (χ3v) is 1.92. The fourth-order valence-electron chi connectivity index (χ4n) is 0.654. The van der Waals surface area contributed by atoms with Gasteiger partial charge in [0.2, 0.25) is 11.5 Å². The number of nitrogen functional groups attached to an aromatic ring is 1. The van der Waals surface area contributed by atoms with Crippen molar-refractivity contribution in [2.24, 2.45) is 5.16 Å². The summed E-state index contributed by atoms with van der Waals surface area (Å²) in [4.78, 5) is 19.7. The molecule has 0 spiro atoms. The molecule has 0 atom stereocenters. The van der Waals surface area contributed by atoms with Crippen LogP contribution >= 0.6 is 35.5 Å². The van der Waals surface area contributed by atoms with Crippen LogP contribution in [0.1, 0.15) is 19.7 Å². The van der Waals surface area contributed by atoms with Crippen molar-refractivity contribution in [3.05, 3.63) is 5.82 Å². The van der Waals surface area contributed by atoms with E-state index in [1.807, 2.05) is 0 Å². The van der Waals surface area contributed by atoms with Gasteiger partial charge in [-0.2, -0.15) is 9.36 Å². The molecule has 16 heavy (non-hydrogen) atoms. The van der Waals surface area contributed by atoms with Crippen molar-refractivity contribution in [1.29, 1.82) is 0 Å². The molecule has 0 amide bonds. The molecule has 1 aromatic heterocycles. The Bertz CT molecular complexity index is 393. The highest BCUT2D eigenvalue weighted by molar-refractivity contribution is 7.09. The summed E-state index contributed by atoms with van der Waals surface area (Å²) in [6, 6.07) is 0. The number of nitrogens with zero attached hydrogens (tertiary/aromatic N) is 3. The summed E-state index contributed by atoms with van der Waals surface area (Å²) in [5, 5.41) is 3.02. The average molecular weight is 285 g/mol. The molecule has 90 valence electrons. The van der Waals surface area contributed by atoms with Gasteiger partial charge < -0.3 is 10.6 Å². The van der Waals surface area contributed by atoms with Crippen LogP contribution < -0.4 is 5.73 Å². The Morgan fingerprint density at radius 1 is 1.62 bits per heavy atom. The van der Waals surface area contributed by atoms with Gasteiger partial charge in [0.25, 0.3) is 5.24 Å². The monoisotopic (exact) mass is 284 g/mol. The van der Waals surface area contributed by atoms with Crippen molar-refractivity contribution < 1.29 is 9.63 Å². The first-order valence-electron chi connectivity index (χ1n) is 4.04. The molecule has 0 aliphatic carbocycles. The highest BCUT2D eigenvalue weighted by Gasteiger charge is 2.18. The molecule has 0 aliphatic rings. The highest BCUT2D eigenvalue weighted by atomic mass is 35.5. The number of anilines is 1. The van der Waals surface area contributed by atoms with Gasteiger partial charge in [-0.05, 0) is 25.4 Å². The number of oxime groups is 1. The Labute approximate surface area is 107 Å². The maximum atomic E-state index is 11.0. The standard InChI is InChI=1S/C7H9ClN4O2S.ClH/c1-3(2)14-11-4(5(8)13)6-10-7(9)15-12-6;/h3H,1-2H3,(H2,9,10,12);1H/b11-4-;. The minimum absolute atomic E-state index is 0. The maximum Gasteiger partial charge on any atom is 0.278 e. The van der Waals surface area contributed by atoms with Crippen molar-refractivity contribution in [3.63, 3.8) is 0 Å². The van der Waals surface area contributed by atoms with Crippen LogP contribution in [0, 0.1) is 0 Å². The summed E-state index contributed by atoms with van der Waals surface area (Å²) < 4.78 is 3.80. The molecule has 9 heteroatoms. The van der Waals surface area contributed by atoms with Crippen LogP contribution in [0.4, 0.5) is 5.13 Å². The smallest absolute Gasteiger partial charge is 0.278 e. The van der Waals surface area contributed by atoms with Crippen molar-refractivity contribution in [2.75, 3.05) is 5.73 Å². The van der Waals surface area contributed by atoms with Gasteiger partial charge in [0, 0.05) is 11.5 Å². The molecule has 0 aromatic carbocycles. The van der Waals surface area contributed by atoms with Gasteiger partial charge in [0.05, 0.1) is 0 Å². The molecule has 0 bridgehead atoms. The number of carbonyl (C=O) groups excluding carboxylic acids is 1. The van der Waals surface area contributed by atoms with E-state index in [9.17, 15) is 4.79 Å². The quantitative estimate of drug-likeness (QED) is 0.513. The first-order chi connectivity index (χ1) is 7.00. The Balaban J connectivity index is 0.00000225. The molecule has 6 nitrogen and oxygen atoms in total. The second-order valence-electron chi connectivity index (χ2n) is 2.82. The topological polar surface area (TPSA) is 90.5 Å². The first kappa shape index (κ1) is 15.1. The van der Waals surface area contributed by atoms with Crippen LogP contribution in [0.3, 0.4) is 0 Å². The van der Waals surface area contributed by atoms with Crippen molar-refractivity contribution >= 4 is 51.6 Å². The number of carbonyl (C=O) groups is 1. The van der Waals surface area contributed by atoms with Gasteiger partial charge in [-0.15, -0.1) is 12.4 Å². The van der Waals surface area contributed by atoms with E-state index in [0.29, 0.717) is 0 Å². The Morgan fingerprint density at radius 3 is 2.62 bits per heavy atom. The van der Waals surface area contributed by atoms with E-state index < -0.39 is 5.24 Å². The SMILES string of the molecule is CC(C)O/N=C(/C(=O)Cl)c1nsc(N)n1.Cl. The lowest BCUT2D eigenvalue weighted by molar-refractivity contribution is -0.106. The zero-order valence-corrected chi connectivity index (χ0v) is 10.9. The number of halogens is 2. The normalized spacial score (nSPS) is 11.1. The molecule has 2 N–H and O–H groups in total. The molecule has 0 saturated carbocycles. The summed E-state index contributed by atoms with van der Waals surface area (Å²) in [6.45, 7) is 3.53. The predicted molar refractivity (Wildman–Crippen MR) is 65.2 cm³/mol. The minimum Gasteiger partial charge on any atom is -0.392 e. The summed E-state index contributed by atoms with van der Waals surface area (Å²) in [5.74, 6) is 0.0816. The van der Waals surface area contributed by atoms with Crippen molar-refractivity contribution in [1.82, 2.24) is 9.36 Å². The van der Waals surface area contributed by atoms with Gasteiger partial charge >= 0.3 is 0 Å². The van der Waals surface area contributed by atoms with Crippen molar-refractivity contribution in [2.45, 2.75) is 20.0 Å². The van der Waals surface area contributed by atoms with E-state index in [2.05, 4.69) is 14.5 Å². The highest BCUT2D eigenvalue weighted by Crippen LogP contribution is 2.09. The Hall–Kier alpha value is -0.920. The molecular formula is C7H10Cl2N4O2S. The Morgan fingerprint density at radius 2 is 2.25 bits per heavy atom. The lowest BCUT2D eigenvalue weighted by Gasteiger charge is -2.02. The number of rotatable bonds is 4. The van der Waals surface area contributed by atoms with Gasteiger partial charge in [0.15, 0.2) is 5.13 Å². The molecule has 1 heterocycles. The predicted octanol–water partition coefficient (Wildman–Crippen LogP) is 1.44. The second kappa shape index (κ2) is 6.62. The third-order valence-electron chi connectivity index (χ3n) is 1.19. The van der Waals surface area contributed by atoms with Crippen LogP contribution in [0.5, 0.6) is 0 Å². The lowest BCUT2D eigenvalue weighted by Crippen LogP contribution is -2.13. The number of hydrogen-bond acceptors (Lipinski definition) is 7. The number of hydrogen-bond donors (Lipinski definition) is 1. The summed E-state index contributed by atoms with van der Waals surface area (Å²) in [7, 11) is 0. The average Bonchev–Trinajstić information content (AvgIpc) is 2.51. The van der Waals surface area contributed by atoms with Crippen LogP contribution in [-0.4, -0.2) is 26.4 Å². The molecule has 1 aromatic rings. The van der Waals surface area contributed by atoms with Crippen LogP contribution in [-0.2, 0) is 9.63 Å². The van der Waals surface area contributed by atoms with E-state index in [0.717, 1.165) is 11.5 Å². The molecule has 0 saturated heterocycles. The minimum atomic E-state index is -0.784. The van der Waals surface area contributed by atoms with Gasteiger partial charge in [0.1, 0.15) is 6.10 Å². The molecular weight excluding hydrogens is 275 g/mol. The third kappa shape index (κ3) is 4.30. The zero-order valence-electron chi connectivity index (χ0n) is 8.51. The number of nitrogens with two attached hydrogens (primary N) is 1. The summed E-state index contributed by atoms with van der Waals surface area (Å²) in [5.41, 5.74) is 5.23. The lowest BCUT2D eigenvalue weighted by atomic mass is 10.4. The molecule has 1 rings (SSSR count). The largest absolute Gasteiger partial charge is 0.392 e. The second-order valence-corrected chi connectivity index (χ2v) is 3.95. The van der Waals surface area contributed by atoms with E-state index in [4.69, 9.17) is 22.2 Å². The van der Waals surface area contributed by atoms with Crippen molar-refractivity contribution in [3.8, 4) is 0 Å². The fourth-order valence-corrected chi connectivity index (χ4v) is 1.21. The van der Waals surface area contributed by atoms with E-state index >= 15 is 0 Å². The maximum absolute atomic E-state index is 11.0. The molecule has 0 radical (unpaired) electrons. The van der Waals surface area contributed by atoms with Gasteiger partial charge in [-0.1, -0.05) is 5.16 Å². The molecule has 0 unspecified atom stereocenters. The fraction of sp³-hybridized carbons (Fsp3) is 0.429. The van der Waals surface area contributed by atoms with E-state index in [1.165, 1.54) is 0 Å². The zero-order chi connectivity index (χ0) is 11.4. The van der Waals surface area contributed by atoms with Crippen LogP contribution in [0.25, 0.3) is 0 Å². The molecule has 0 fully saturated rings. The Kier molecular flexibility index (Phi) is 6.24. The van der Waals surface area contributed by atoms with Gasteiger partial charge in [-0.3, -0.25) is 4.79 Å². The summed E-state index contributed by atoms with van der Waals surface area (Å²) in [6.07, 6.45) is -0.160. The number of aromatic nitrogens is 2. The van der Waals surface area contributed by atoms with E-state index in [-0.39, 0.29) is 35.2 Å². The summed E-state index contributed by atoms with van der Waals surface area (Å²) >= 11 is 6.26. The van der Waals surface area contributed by atoms with Gasteiger partial charge in [-0.25, -0.2) is 0 Å². The first-order valence-corrected chi connectivity index (χ1v) is 5.19. The van der Waals surface area contributed by atoms with Crippen LogP contribution in [0.2, 0.25) is 0 Å².